The van der Waals surface area contributed by atoms with Crippen molar-refractivity contribution < 1.29 is 32.7 Å². The summed E-state index contributed by atoms with van der Waals surface area (Å²) in [6.45, 7) is -1.24. The minimum absolute atomic E-state index is 0.139. The Labute approximate surface area is 152 Å². The van der Waals surface area contributed by atoms with E-state index in [1.54, 1.807) is 12.1 Å². The number of carboxylic acids is 1. The third-order valence-electron chi connectivity index (χ3n) is 5.30. The molecule has 146 valence electrons. The number of amides is 2. The van der Waals surface area contributed by atoms with E-state index in [0.29, 0.717) is 5.56 Å². The number of hydrogen-bond donors (Lipinski definition) is 1. The lowest BCUT2D eigenvalue weighted by Crippen LogP contribution is -2.38. The van der Waals surface area contributed by atoms with Crippen molar-refractivity contribution in [1.29, 1.82) is 0 Å². The zero-order chi connectivity index (χ0) is 19.9. The summed E-state index contributed by atoms with van der Waals surface area (Å²) in [5.41, 5.74) is 0.602. The van der Waals surface area contributed by atoms with E-state index in [2.05, 4.69) is 4.98 Å². The highest BCUT2D eigenvalue weighted by Gasteiger charge is 2.55. The fourth-order valence-electron chi connectivity index (χ4n) is 3.90. The van der Waals surface area contributed by atoms with E-state index in [9.17, 15) is 27.6 Å². The number of nitrogens with zero attached hydrogens (tertiary/aromatic N) is 3. The normalized spacial score (nSPS) is 28.7. The third-order valence-corrected chi connectivity index (χ3v) is 5.30. The van der Waals surface area contributed by atoms with Crippen LogP contribution in [0.5, 0.6) is 0 Å². The van der Waals surface area contributed by atoms with Gasteiger partial charge in [0.1, 0.15) is 0 Å². The number of carboxylic acid groups (broad SMARTS) is 1. The molecule has 0 radical (unpaired) electrons. The van der Waals surface area contributed by atoms with Crippen molar-refractivity contribution >= 4 is 17.8 Å². The van der Waals surface area contributed by atoms with Crippen molar-refractivity contribution in [3.8, 4) is 0 Å². The molecule has 7 nitrogen and oxygen atoms in total. The monoisotopic (exact) mass is 385 g/mol. The third kappa shape index (κ3) is 3.47. The van der Waals surface area contributed by atoms with Gasteiger partial charge in [-0.05, 0) is 11.6 Å². The van der Waals surface area contributed by atoms with Crippen LogP contribution in [0.15, 0.2) is 24.5 Å². The van der Waals surface area contributed by atoms with E-state index in [-0.39, 0.29) is 12.3 Å². The molecule has 0 spiro atoms. The zero-order valence-corrected chi connectivity index (χ0v) is 14.4. The van der Waals surface area contributed by atoms with E-state index in [1.165, 1.54) is 24.3 Å². The summed E-state index contributed by atoms with van der Waals surface area (Å²) < 4.78 is 39.5. The lowest BCUT2D eigenvalue weighted by Gasteiger charge is -2.27. The lowest BCUT2D eigenvalue weighted by atomic mass is 9.93. The van der Waals surface area contributed by atoms with Gasteiger partial charge < -0.3 is 14.9 Å². The minimum atomic E-state index is -4.72. The van der Waals surface area contributed by atoms with Gasteiger partial charge in [0.2, 0.25) is 11.8 Å². The quantitative estimate of drug-likeness (QED) is 0.848. The molecule has 0 aromatic carbocycles. The number of pyridine rings is 1. The van der Waals surface area contributed by atoms with Gasteiger partial charge in [-0.3, -0.25) is 19.4 Å². The van der Waals surface area contributed by atoms with Crippen LogP contribution in [-0.4, -0.2) is 64.0 Å². The second-order valence-corrected chi connectivity index (χ2v) is 6.88. The van der Waals surface area contributed by atoms with Crippen LogP contribution in [0.25, 0.3) is 0 Å². The SMILES string of the molecule is CN1C(=O)CC(C(=O)N2C[C@@H](C(F)(F)F)[C@H](C(=O)O)C2)C1c1cccnc1. The molecule has 0 aliphatic carbocycles. The first kappa shape index (κ1) is 19.1. The standard InChI is InChI=1S/C17H18F3N3O4/c1-22-13(24)5-10(14(22)9-3-2-4-21-6-9)15(25)23-7-11(16(26)27)12(8-23)17(18,19)20/h2-4,6,10-12,14H,5,7-8H2,1H3,(H,26,27)/t10?,11-,12-,14?/m1/s1. The molecule has 1 aromatic heterocycles. The molecule has 2 amide bonds. The number of alkyl halides is 3. The number of likely N-dealkylation sites (tertiary alicyclic amines) is 2. The Balaban J connectivity index is 1.86. The van der Waals surface area contributed by atoms with Crippen molar-refractivity contribution in [3.63, 3.8) is 0 Å². The highest BCUT2D eigenvalue weighted by molar-refractivity contribution is 5.90. The van der Waals surface area contributed by atoms with Gasteiger partial charge in [0, 0.05) is 39.0 Å². The van der Waals surface area contributed by atoms with E-state index in [4.69, 9.17) is 5.11 Å². The molecule has 2 aliphatic rings. The molecular weight excluding hydrogens is 367 g/mol. The highest BCUT2D eigenvalue weighted by atomic mass is 19.4. The molecule has 2 fully saturated rings. The first-order chi connectivity index (χ1) is 12.6. The number of aromatic nitrogens is 1. The number of rotatable bonds is 3. The lowest BCUT2D eigenvalue weighted by molar-refractivity contribution is -0.188. The van der Waals surface area contributed by atoms with Gasteiger partial charge >= 0.3 is 12.1 Å². The number of hydrogen-bond acceptors (Lipinski definition) is 4. The van der Waals surface area contributed by atoms with E-state index in [0.717, 1.165) is 4.90 Å². The second kappa shape index (κ2) is 6.82. The van der Waals surface area contributed by atoms with Crippen molar-refractivity contribution in [2.24, 2.45) is 17.8 Å². The Bertz CT molecular complexity index is 756. The van der Waals surface area contributed by atoms with Gasteiger partial charge in [-0.25, -0.2) is 0 Å². The smallest absolute Gasteiger partial charge is 0.394 e. The van der Waals surface area contributed by atoms with Gasteiger partial charge in [0.25, 0.3) is 0 Å². The van der Waals surface area contributed by atoms with Crippen molar-refractivity contribution in [2.45, 2.75) is 18.6 Å². The van der Waals surface area contributed by atoms with Crippen LogP contribution in [0.1, 0.15) is 18.0 Å². The fourth-order valence-corrected chi connectivity index (χ4v) is 3.90. The Morgan fingerprint density at radius 2 is 1.96 bits per heavy atom. The predicted octanol–water partition coefficient (Wildman–Crippen LogP) is 1.32. The van der Waals surface area contributed by atoms with Crippen molar-refractivity contribution in [2.75, 3.05) is 20.1 Å². The van der Waals surface area contributed by atoms with Crippen LogP contribution >= 0.6 is 0 Å². The molecular formula is C17H18F3N3O4. The van der Waals surface area contributed by atoms with Crippen LogP contribution in [0, 0.1) is 17.8 Å². The first-order valence-electron chi connectivity index (χ1n) is 8.35. The van der Waals surface area contributed by atoms with Gasteiger partial charge in [0.05, 0.1) is 23.8 Å². The Morgan fingerprint density at radius 3 is 2.48 bits per heavy atom. The maximum atomic E-state index is 13.2. The second-order valence-electron chi connectivity index (χ2n) is 6.88. The summed E-state index contributed by atoms with van der Waals surface area (Å²) in [5.74, 6) is -7.24. The van der Waals surface area contributed by atoms with Crippen molar-refractivity contribution in [3.05, 3.63) is 30.1 Å². The molecule has 10 heteroatoms. The highest BCUT2D eigenvalue weighted by Crippen LogP contribution is 2.42. The summed E-state index contributed by atoms with van der Waals surface area (Å²) in [5, 5.41) is 9.12. The summed E-state index contributed by atoms with van der Waals surface area (Å²) in [4.78, 5) is 42.6. The molecule has 2 unspecified atom stereocenters. The Morgan fingerprint density at radius 1 is 1.26 bits per heavy atom. The topological polar surface area (TPSA) is 90.8 Å². The number of halogens is 3. The van der Waals surface area contributed by atoms with Crippen LogP contribution in [0.2, 0.25) is 0 Å². The maximum absolute atomic E-state index is 13.2. The van der Waals surface area contributed by atoms with E-state index >= 15 is 0 Å². The summed E-state index contributed by atoms with van der Waals surface area (Å²) >= 11 is 0. The summed E-state index contributed by atoms with van der Waals surface area (Å²) in [6.07, 6.45) is -1.82. The van der Waals surface area contributed by atoms with Gasteiger partial charge in [0.15, 0.2) is 0 Å². The molecule has 27 heavy (non-hydrogen) atoms. The average Bonchev–Trinajstić information content (AvgIpc) is 3.18. The number of carbonyl (C=O) groups is 3. The van der Waals surface area contributed by atoms with Crippen LogP contribution in [0.3, 0.4) is 0 Å². The molecule has 4 atom stereocenters. The minimum Gasteiger partial charge on any atom is -0.481 e. The summed E-state index contributed by atoms with van der Waals surface area (Å²) in [7, 11) is 1.52. The van der Waals surface area contributed by atoms with Gasteiger partial charge in [-0.2, -0.15) is 13.2 Å². The van der Waals surface area contributed by atoms with Crippen LogP contribution < -0.4 is 0 Å². The van der Waals surface area contributed by atoms with E-state index < -0.39 is 54.9 Å². The number of carbonyl (C=O) groups excluding carboxylic acids is 2. The fraction of sp³-hybridized carbons (Fsp3) is 0.529. The molecule has 1 aromatic rings. The molecule has 0 bridgehead atoms. The maximum Gasteiger partial charge on any atom is 0.394 e. The van der Waals surface area contributed by atoms with Gasteiger partial charge in [-0.1, -0.05) is 6.07 Å². The van der Waals surface area contributed by atoms with Crippen LogP contribution in [-0.2, 0) is 14.4 Å². The molecule has 2 aliphatic heterocycles. The van der Waals surface area contributed by atoms with E-state index in [1.807, 2.05) is 0 Å². The Hall–Kier alpha value is -2.65. The number of aliphatic carboxylic acids is 1. The molecule has 3 rings (SSSR count). The Kier molecular flexibility index (Phi) is 4.83. The summed E-state index contributed by atoms with van der Waals surface area (Å²) in [6, 6.07) is 2.69. The molecule has 3 heterocycles. The average molecular weight is 385 g/mol. The molecule has 0 saturated carbocycles. The first-order valence-corrected chi connectivity index (χ1v) is 8.35. The molecule has 1 N–H and O–H groups in total. The zero-order valence-electron chi connectivity index (χ0n) is 14.4. The van der Waals surface area contributed by atoms with Gasteiger partial charge in [-0.15, -0.1) is 0 Å². The molecule has 2 saturated heterocycles. The predicted molar refractivity (Wildman–Crippen MR) is 85.1 cm³/mol. The largest absolute Gasteiger partial charge is 0.481 e. The van der Waals surface area contributed by atoms with Crippen molar-refractivity contribution in [1.82, 2.24) is 14.8 Å². The van der Waals surface area contributed by atoms with Crippen LogP contribution in [0.4, 0.5) is 13.2 Å².